The minimum Gasteiger partial charge on any atom is -0.378 e. The summed E-state index contributed by atoms with van der Waals surface area (Å²) in [6.07, 6.45) is 0. The zero-order valence-electron chi connectivity index (χ0n) is 11.1. The number of nitrogen functional groups attached to an aromatic ring is 1. The molecule has 1 amide bonds. The molecule has 6 heteroatoms. The molecule has 100 valence electrons. The van der Waals surface area contributed by atoms with E-state index in [9.17, 15) is 4.79 Å². The highest BCUT2D eigenvalue weighted by molar-refractivity contribution is 7.13. The third-order valence-electron chi connectivity index (χ3n) is 2.73. The highest BCUT2D eigenvalue weighted by Gasteiger charge is 2.11. The zero-order chi connectivity index (χ0) is 14.0. The molecule has 2 rings (SSSR count). The molecular formula is C13H16N4OS. The maximum atomic E-state index is 12.0. The van der Waals surface area contributed by atoms with Crippen molar-refractivity contribution in [3.8, 4) is 0 Å². The molecule has 1 aromatic carbocycles. The Morgan fingerprint density at radius 3 is 2.68 bits per heavy atom. The van der Waals surface area contributed by atoms with Crippen molar-refractivity contribution < 1.29 is 4.79 Å². The summed E-state index contributed by atoms with van der Waals surface area (Å²) in [6.45, 7) is 1.96. The number of anilines is 3. The van der Waals surface area contributed by atoms with Crippen LogP contribution in [0.15, 0.2) is 23.6 Å². The van der Waals surface area contributed by atoms with Gasteiger partial charge in [-0.3, -0.25) is 4.79 Å². The molecule has 0 fully saturated rings. The van der Waals surface area contributed by atoms with Crippen LogP contribution in [0.25, 0.3) is 0 Å². The number of thiazole rings is 1. The summed E-state index contributed by atoms with van der Waals surface area (Å²) in [7, 11) is 3.95. The predicted molar refractivity (Wildman–Crippen MR) is 80.0 cm³/mol. The molecule has 0 saturated heterocycles. The normalized spacial score (nSPS) is 10.3. The predicted octanol–water partition coefficient (Wildman–Crippen LogP) is 2.35. The molecule has 0 atom stereocenters. The van der Waals surface area contributed by atoms with E-state index < -0.39 is 0 Å². The van der Waals surface area contributed by atoms with Crippen LogP contribution in [0.2, 0.25) is 0 Å². The standard InChI is InChI=1S/C13H16N4OS/c1-8-6-9(17(2)3)4-5-10(8)15-12(18)11-7-19-13(14)16-11/h4-7H,1-3H3,(H2,14,16)(H,15,18). The topological polar surface area (TPSA) is 71.2 Å². The quantitative estimate of drug-likeness (QED) is 0.902. The van der Waals surface area contributed by atoms with Gasteiger partial charge < -0.3 is 16.0 Å². The molecule has 1 aromatic heterocycles. The van der Waals surface area contributed by atoms with E-state index >= 15 is 0 Å². The van der Waals surface area contributed by atoms with Gasteiger partial charge in [0.2, 0.25) is 0 Å². The third-order valence-corrected chi connectivity index (χ3v) is 3.40. The molecule has 0 unspecified atom stereocenters. The average Bonchev–Trinajstić information content (AvgIpc) is 2.78. The molecule has 0 radical (unpaired) electrons. The monoisotopic (exact) mass is 276 g/mol. The van der Waals surface area contributed by atoms with Crippen molar-refractivity contribution in [2.75, 3.05) is 30.0 Å². The lowest BCUT2D eigenvalue weighted by atomic mass is 10.1. The van der Waals surface area contributed by atoms with E-state index in [4.69, 9.17) is 5.73 Å². The number of carbonyl (C=O) groups excluding carboxylic acids is 1. The van der Waals surface area contributed by atoms with Crippen molar-refractivity contribution >= 4 is 33.8 Å². The van der Waals surface area contributed by atoms with Crippen LogP contribution in [0.3, 0.4) is 0 Å². The fourth-order valence-electron chi connectivity index (χ4n) is 1.64. The Bertz CT molecular complexity index is 606. The summed E-state index contributed by atoms with van der Waals surface area (Å²) in [5.74, 6) is -0.242. The number of nitrogens with two attached hydrogens (primary N) is 1. The van der Waals surface area contributed by atoms with E-state index in [1.54, 1.807) is 5.38 Å². The lowest BCUT2D eigenvalue weighted by molar-refractivity contribution is 0.102. The van der Waals surface area contributed by atoms with Crippen LogP contribution in [-0.2, 0) is 0 Å². The van der Waals surface area contributed by atoms with E-state index in [1.165, 1.54) is 11.3 Å². The van der Waals surface area contributed by atoms with Crippen LogP contribution < -0.4 is 16.0 Å². The van der Waals surface area contributed by atoms with Gasteiger partial charge in [-0.25, -0.2) is 4.98 Å². The van der Waals surface area contributed by atoms with E-state index in [1.807, 2.05) is 44.1 Å². The van der Waals surface area contributed by atoms with Crippen molar-refractivity contribution in [2.45, 2.75) is 6.92 Å². The largest absolute Gasteiger partial charge is 0.378 e. The minimum atomic E-state index is -0.242. The maximum absolute atomic E-state index is 12.0. The molecule has 19 heavy (non-hydrogen) atoms. The van der Waals surface area contributed by atoms with E-state index in [0.717, 1.165) is 16.9 Å². The highest BCUT2D eigenvalue weighted by Crippen LogP contribution is 2.22. The van der Waals surface area contributed by atoms with Gasteiger partial charge in [0, 0.05) is 30.9 Å². The molecule has 2 aromatic rings. The number of nitrogens with one attached hydrogen (secondary N) is 1. The van der Waals surface area contributed by atoms with Gasteiger partial charge >= 0.3 is 0 Å². The first kappa shape index (κ1) is 13.4. The van der Waals surface area contributed by atoms with Crippen LogP contribution in [-0.4, -0.2) is 25.0 Å². The van der Waals surface area contributed by atoms with Crippen LogP contribution in [0.4, 0.5) is 16.5 Å². The first-order valence-corrected chi connectivity index (χ1v) is 6.65. The first-order chi connectivity index (χ1) is 8.97. The average molecular weight is 276 g/mol. The summed E-state index contributed by atoms with van der Waals surface area (Å²) in [6, 6.07) is 5.86. The number of nitrogens with zero attached hydrogens (tertiary/aromatic N) is 2. The Morgan fingerprint density at radius 1 is 1.42 bits per heavy atom. The first-order valence-electron chi connectivity index (χ1n) is 5.77. The third kappa shape index (κ3) is 3.03. The Kier molecular flexibility index (Phi) is 3.71. The van der Waals surface area contributed by atoms with E-state index in [-0.39, 0.29) is 5.91 Å². The number of carbonyl (C=O) groups is 1. The smallest absolute Gasteiger partial charge is 0.275 e. The molecule has 0 bridgehead atoms. The summed E-state index contributed by atoms with van der Waals surface area (Å²) in [5.41, 5.74) is 8.73. The number of hydrogen-bond acceptors (Lipinski definition) is 5. The molecule has 5 nitrogen and oxygen atoms in total. The van der Waals surface area contributed by atoms with E-state index in [2.05, 4.69) is 10.3 Å². The Hall–Kier alpha value is -2.08. The number of aromatic nitrogens is 1. The molecular weight excluding hydrogens is 260 g/mol. The molecule has 0 saturated carbocycles. The number of aryl methyl sites for hydroxylation is 1. The van der Waals surface area contributed by atoms with Crippen molar-refractivity contribution in [3.05, 3.63) is 34.8 Å². The molecule has 1 heterocycles. The molecule has 3 N–H and O–H groups in total. The van der Waals surface area contributed by atoms with Crippen molar-refractivity contribution in [2.24, 2.45) is 0 Å². The van der Waals surface area contributed by atoms with Gasteiger partial charge in [-0.15, -0.1) is 11.3 Å². The van der Waals surface area contributed by atoms with Crippen LogP contribution in [0, 0.1) is 6.92 Å². The number of benzene rings is 1. The lowest BCUT2D eigenvalue weighted by Crippen LogP contribution is -2.14. The number of amides is 1. The van der Waals surface area contributed by atoms with Gasteiger partial charge in [0.1, 0.15) is 5.69 Å². The number of hydrogen-bond donors (Lipinski definition) is 2. The molecule has 0 aliphatic carbocycles. The van der Waals surface area contributed by atoms with Gasteiger partial charge in [-0.2, -0.15) is 0 Å². The van der Waals surface area contributed by atoms with Crippen LogP contribution >= 0.6 is 11.3 Å². The van der Waals surface area contributed by atoms with Gasteiger partial charge in [-0.1, -0.05) is 0 Å². The van der Waals surface area contributed by atoms with E-state index in [0.29, 0.717) is 10.8 Å². The SMILES string of the molecule is Cc1cc(N(C)C)ccc1NC(=O)c1csc(N)n1. The highest BCUT2D eigenvalue weighted by atomic mass is 32.1. The van der Waals surface area contributed by atoms with Crippen LogP contribution in [0.5, 0.6) is 0 Å². The minimum absolute atomic E-state index is 0.242. The summed E-state index contributed by atoms with van der Waals surface area (Å²) < 4.78 is 0. The van der Waals surface area contributed by atoms with Gasteiger partial charge in [0.05, 0.1) is 0 Å². The van der Waals surface area contributed by atoms with Gasteiger partial charge in [-0.05, 0) is 30.7 Å². The summed E-state index contributed by atoms with van der Waals surface area (Å²) >= 11 is 1.25. The number of rotatable bonds is 3. The summed E-state index contributed by atoms with van der Waals surface area (Å²) in [5, 5.41) is 4.88. The Labute approximate surface area is 116 Å². The van der Waals surface area contributed by atoms with Crippen molar-refractivity contribution in [3.63, 3.8) is 0 Å². The molecule has 0 aliphatic rings. The Morgan fingerprint density at radius 2 is 2.16 bits per heavy atom. The summed E-state index contributed by atoms with van der Waals surface area (Å²) in [4.78, 5) is 17.9. The van der Waals surface area contributed by atoms with Crippen molar-refractivity contribution in [1.29, 1.82) is 0 Å². The Balaban J connectivity index is 2.17. The van der Waals surface area contributed by atoms with Crippen LogP contribution in [0.1, 0.15) is 16.1 Å². The fraction of sp³-hybridized carbons (Fsp3) is 0.231. The maximum Gasteiger partial charge on any atom is 0.275 e. The van der Waals surface area contributed by atoms with Gasteiger partial charge in [0.15, 0.2) is 5.13 Å². The second kappa shape index (κ2) is 5.27. The zero-order valence-corrected chi connectivity index (χ0v) is 11.9. The second-order valence-corrected chi connectivity index (χ2v) is 5.31. The van der Waals surface area contributed by atoms with Gasteiger partial charge in [0.25, 0.3) is 5.91 Å². The lowest BCUT2D eigenvalue weighted by Gasteiger charge is -2.15. The fourth-order valence-corrected chi connectivity index (χ4v) is 2.19. The molecule has 0 aliphatic heterocycles. The van der Waals surface area contributed by atoms with Crippen molar-refractivity contribution in [1.82, 2.24) is 4.98 Å². The molecule has 0 spiro atoms. The second-order valence-electron chi connectivity index (χ2n) is 4.42.